The highest BCUT2D eigenvalue weighted by Gasteiger charge is 2.14. The Labute approximate surface area is 149 Å². The number of thioether (sulfide) groups is 1. The molecule has 0 spiro atoms. The maximum Gasteiger partial charge on any atom is 0.230 e. The van der Waals surface area contributed by atoms with Gasteiger partial charge in [-0.25, -0.2) is 4.39 Å². The fourth-order valence-electron chi connectivity index (χ4n) is 2.37. The molecular weight excluding hydrogens is 339 g/mol. The number of halogens is 1. The quantitative estimate of drug-likeness (QED) is 0.688. The second-order valence-corrected chi connectivity index (χ2v) is 6.37. The summed E-state index contributed by atoms with van der Waals surface area (Å²) in [7, 11) is 0. The Kier molecular flexibility index (Phi) is 5.45. The number of amides is 1. The molecular formula is C18H17FN4OS. The van der Waals surface area contributed by atoms with Crippen LogP contribution in [0.4, 0.5) is 4.39 Å². The van der Waals surface area contributed by atoms with E-state index in [1.54, 1.807) is 18.2 Å². The molecule has 1 aromatic heterocycles. The number of carbonyl (C=O) groups is 1. The molecule has 1 N–H and O–H groups in total. The van der Waals surface area contributed by atoms with Gasteiger partial charge in [-0.2, -0.15) is 0 Å². The van der Waals surface area contributed by atoms with E-state index in [9.17, 15) is 9.18 Å². The maximum atomic E-state index is 13.9. The number of rotatable bonds is 6. The van der Waals surface area contributed by atoms with Crippen LogP contribution in [0.3, 0.4) is 0 Å². The van der Waals surface area contributed by atoms with Crippen molar-refractivity contribution in [1.82, 2.24) is 20.1 Å². The SMILES string of the molecule is C[C@H](NC(=O)CSc1nncn1-c1ccccc1F)c1ccccc1. The van der Waals surface area contributed by atoms with Crippen LogP contribution in [0.15, 0.2) is 66.1 Å². The summed E-state index contributed by atoms with van der Waals surface area (Å²) in [6.07, 6.45) is 1.44. The van der Waals surface area contributed by atoms with Crippen LogP contribution in [-0.4, -0.2) is 26.4 Å². The lowest BCUT2D eigenvalue weighted by molar-refractivity contribution is -0.119. The molecule has 0 fully saturated rings. The summed E-state index contributed by atoms with van der Waals surface area (Å²) in [6, 6.07) is 16.0. The van der Waals surface area contributed by atoms with Gasteiger partial charge in [-0.1, -0.05) is 54.2 Å². The minimum atomic E-state index is -0.369. The first-order valence-corrected chi connectivity index (χ1v) is 8.76. The number of para-hydroxylation sites is 1. The van der Waals surface area contributed by atoms with Gasteiger partial charge < -0.3 is 5.32 Å². The number of nitrogens with zero attached hydrogens (tertiary/aromatic N) is 3. The molecule has 3 aromatic rings. The van der Waals surface area contributed by atoms with Gasteiger partial charge in [-0.05, 0) is 24.6 Å². The van der Waals surface area contributed by atoms with E-state index in [1.807, 2.05) is 37.3 Å². The standard InChI is InChI=1S/C18H17FN4OS/c1-13(14-7-3-2-4-8-14)21-17(24)11-25-18-22-20-12-23(18)16-10-6-5-9-15(16)19/h2-10,12-13H,11H2,1H3,(H,21,24)/t13-/m0/s1. The largest absolute Gasteiger partial charge is 0.349 e. The van der Waals surface area contributed by atoms with Crippen molar-refractivity contribution in [1.29, 1.82) is 0 Å². The Hall–Kier alpha value is -2.67. The first kappa shape index (κ1) is 17.2. The van der Waals surface area contributed by atoms with Crippen molar-refractivity contribution in [2.24, 2.45) is 0 Å². The van der Waals surface area contributed by atoms with Gasteiger partial charge in [0.1, 0.15) is 12.1 Å². The lowest BCUT2D eigenvalue weighted by atomic mass is 10.1. The zero-order valence-electron chi connectivity index (χ0n) is 13.6. The molecule has 2 aromatic carbocycles. The fraction of sp³-hybridized carbons (Fsp3) is 0.167. The van der Waals surface area contributed by atoms with Gasteiger partial charge in [0, 0.05) is 0 Å². The zero-order valence-corrected chi connectivity index (χ0v) is 14.4. The Morgan fingerprint density at radius 2 is 1.92 bits per heavy atom. The molecule has 1 amide bonds. The topological polar surface area (TPSA) is 59.8 Å². The van der Waals surface area contributed by atoms with Gasteiger partial charge in [-0.3, -0.25) is 9.36 Å². The molecule has 7 heteroatoms. The number of nitrogens with one attached hydrogen (secondary N) is 1. The van der Waals surface area contributed by atoms with Gasteiger partial charge in [0.2, 0.25) is 5.91 Å². The summed E-state index contributed by atoms with van der Waals surface area (Å²) in [5, 5.41) is 11.2. The molecule has 5 nitrogen and oxygen atoms in total. The molecule has 0 aliphatic heterocycles. The molecule has 1 atom stereocenters. The Morgan fingerprint density at radius 3 is 2.68 bits per heavy atom. The van der Waals surface area contributed by atoms with E-state index >= 15 is 0 Å². The van der Waals surface area contributed by atoms with E-state index in [-0.39, 0.29) is 23.5 Å². The third kappa shape index (κ3) is 4.24. The summed E-state index contributed by atoms with van der Waals surface area (Å²) in [4.78, 5) is 12.2. The highest BCUT2D eigenvalue weighted by molar-refractivity contribution is 7.99. The molecule has 1 heterocycles. The molecule has 0 radical (unpaired) electrons. The van der Waals surface area contributed by atoms with Crippen molar-refractivity contribution < 1.29 is 9.18 Å². The first-order valence-electron chi connectivity index (χ1n) is 7.77. The summed E-state index contributed by atoms with van der Waals surface area (Å²) in [5.74, 6) is -0.319. The molecule has 25 heavy (non-hydrogen) atoms. The lowest BCUT2D eigenvalue weighted by Gasteiger charge is -2.14. The van der Waals surface area contributed by atoms with Crippen LogP contribution in [-0.2, 0) is 4.79 Å². The summed E-state index contributed by atoms with van der Waals surface area (Å²) in [6.45, 7) is 1.93. The van der Waals surface area contributed by atoms with E-state index in [4.69, 9.17) is 0 Å². The number of hydrogen-bond acceptors (Lipinski definition) is 4. The minimum Gasteiger partial charge on any atom is -0.349 e. The lowest BCUT2D eigenvalue weighted by Crippen LogP contribution is -2.28. The van der Waals surface area contributed by atoms with Gasteiger partial charge in [-0.15, -0.1) is 10.2 Å². The van der Waals surface area contributed by atoms with Crippen molar-refractivity contribution in [3.63, 3.8) is 0 Å². The number of carbonyl (C=O) groups excluding carboxylic acids is 1. The van der Waals surface area contributed by atoms with Crippen molar-refractivity contribution >= 4 is 17.7 Å². The van der Waals surface area contributed by atoms with Crippen LogP contribution in [0.25, 0.3) is 5.69 Å². The predicted molar refractivity (Wildman–Crippen MR) is 95.0 cm³/mol. The highest BCUT2D eigenvalue weighted by Crippen LogP contribution is 2.21. The predicted octanol–water partition coefficient (Wildman–Crippen LogP) is 3.38. The Morgan fingerprint density at radius 1 is 1.20 bits per heavy atom. The third-order valence-corrected chi connectivity index (χ3v) is 4.58. The number of aromatic nitrogens is 3. The van der Waals surface area contributed by atoms with Crippen molar-refractivity contribution in [3.05, 3.63) is 72.3 Å². The second kappa shape index (κ2) is 7.94. The van der Waals surface area contributed by atoms with Crippen LogP contribution >= 0.6 is 11.8 Å². The Bertz CT molecular complexity index is 853. The smallest absolute Gasteiger partial charge is 0.230 e. The van der Waals surface area contributed by atoms with Crippen LogP contribution in [0.5, 0.6) is 0 Å². The summed E-state index contributed by atoms with van der Waals surface area (Å²) >= 11 is 1.21. The molecule has 0 aliphatic rings. The highest BCUT2D eigenvalue weighted by atomic mass is 32.2. The number of benzene rings is 2. The minimum absolute atomic E-state index is 0.0845. The average molecular weight is 356 g/mol. The summed E-state index contributed by atoms with van der Waals surface area (Å²) < 4.78 is 15.5. The monoisotopic (exact) mass is 356 g/mol. The van der Waals surface area contributed by atoms with Crippen molar-refractivity contribution in [2.45, 2.75) is 18.1 Å². The molecule has 0 bridgehead atoms. The Balaban J connectivity index is 1.62. The number of hydrogen-bond donors (Lipinski definition) is 1. The van der Waals surface area contributed by atoms with Crippen LogP contribution < -0.4 is 5.32 Å². The van der Waals surface area contributed by atoms with Gasteiger partial charge >= 0.3 is 0 Å². The molecule has 0 saturated heterocycles. The van der Waals surface area contributed by atoms with E-state index in [0.29, 0.717) is 10.8 Å². The van der Waals surface area contributed by atoms with Crippen molar-refractivity contribution in [2.75, 3.05) is 5.75 Å². The van der Waals surface area contributed by atoms with Crippen LogP contribution in [0, 0.1) is 5.82 Å². The van der Waals surface area contributed by atoms with E-state index in [2.05, 4.69) is 15.5 Å². The molecule has 0 unspecified atom stereocenters. The second-order valence-electron chi connectivity index (χ2n) is 5.42. The van der Waals surface area contributed by atoms with E-state index in [1.165, 1.54) is 28.7 Å². The first-order chi connectivity index (χ1) is 12.1. The average Bonchev–Trinajstić information content (AvgIpc) is 3.09. The normalized spacial score (nSPS) is 11.9. The maximum absolute atomic E-state index is 13.9. The third-order valence-electron chi connectivity index (χ3n) is 3.64. The molecule has 0 saturated carbocycles. The van der Waals surface area contributed by atoms with Crippen molar-refractivity contribution in [3.8, 4) is 5.69 Å². The zero-order chi connectivity index (χ0) is 17.6. The van der Waals surface area contributed by atoms with Crippen LogP contribution in [0.2, 0.25) is 0 Å². The van der Waals surface area contributed by atoms with E-state index in [0.717, 1.165) is 5.56 Å². The van der Waals surface area contributed by atoms with Crippen LogP contribution in [0.1, 0.15) is 18.5 Å². The summed E-state index contributed by atoms with van der Waals surface area (Å²) in [5.41, 5.74) is 1.39. The van der Waals surface area contributed by atoms with Gasteiger partial charge in [0.25, 0.3) is 0 Å². The molecule has 128 valence electrons. The molecule has 0 aliphatic carbocycles. The van der Waals surface area contributed by atoms with E-state index < -0.39 is 0 Å². The van der Waals surface area contributed by atoms with Gasteiger partial charge in [0.05, 0.1) is 17.5 Å². The molecule has 3 rings (SSSR count). The fourth-order valence-corrected chi connectivity index (χ4v) is 3.11. The van der Waals surface area contributed by atoms with Gasteiger partial charge in [0.15, 0.2) is 5.16 Å².